The Morgan fingerprint density at radius 3 is 2.21 bits per heavy atom. The lowest BCUT2D eigenvalue weighted by Crippen LogP contribution is -2.48. The van der Waals surface area contributed by atoms with E-state index >= 15 is 0 Å². The Morgan fingerprint density at radius 2 is 1.65 bits per heavy atom. The van der Waals surface area contributed by atoms with E-state index in [0.717, 1.165) is 29.8 Å². The Bertz CT molecular complexity index is 976. The number of rotatable bonds is 8. The number of nitrogens with zero attached hydrogens (tertiary/aromatic N) is 4. The van der Waals surface area contributed by atoms with Crippen molar-refractivity contribution in [1.82, 2.24) is 15.0 Å². The number of unbranched alkanes of at least 4 members (excludes halogenated alkanes) is 1. The fourth-order valence-corrected chi connectivity index (χ4v) is 3.17. The molecule has 2 rings (SSSR count). The predicted octanol–water partition coefficient (Wildman–Crippen LogP) is 4.92. The van der Waals surface area contributed by atoms with Gasteiger partial charge in [-0.15, -0.1) is 0 Å². The summed E-state index contributed by atoms with van der Waals surface area (Å²) in [4.78, 5) is 40.2. The first-order valence-electron chi connectivity index (χ1n) is 11.8. The molecular formula is C27H38N4O3. The molecule has 0 spiro atoms. The van der Waals surface area contributed by atoms with Gasteiger partial charge in [-0.05, 0) is 37.8 Å². The molecule has 0 bridgehead atoms. The van der Waals surface area contributed by atoms with Gasteiger partial charge in [0.05, 0.1) is 6.10 Å². The van der Waals surface area contributed by atoms with Gasteiger partial charge in [-0.1, -0.05) is 66.2 Å². The third kappa shape index (κ3) is 8.13. The van der Waals surface area contributed by atoms with Crippen LogP contribution in [0.25, 0.3) is 6.08 Å². The molecule has 2 heterocycles. The number of hydrogen-bond donors (Lipinski definition) is 1. The van der Waals surface area contributed by atoms with Crippen LogP contribution >= 0.6 is 0 Å². The second-order valence-corrected chi connectivity index (χ2v) is 10.7. The van der Waals surface area contributed by atoms with Crippen molar-refractivity contribution in [2.75, 3.05) is 4.90 Å². The minimum Gasteiger partial charge on any atom is -0.389 e. The molecule has 0 aliphatic heterocycles. The van der Waals surface area contributed by atoms with Crippen molar-refractivity contribution < 1.29 is 14.7 Å². The Labute approximate surface area is 203 Å². The van der Waals surface area contributed by atoms with Crippen LogP contribution in [0.15, 0.2) is 36.8 Å². The van der Waals surface area contributed by atoms with Gasteiger partial charge in [-0.2, -0.15) is 0 Å². The van der Waals surface area contributed by atoms with Gasteiger partial charge in [0.2, 0.25) is 11.8 Å². The second-order valence-electron chi connectivity index (χ2n) is 10.7. The first-order valence-corrected chi connectivity index (χ1v) is 11.8. The van der Waals surface area contributed by atoms with Crippen molar-refractivity contribution in [2.45, 2.75) is 80.3 Å². The Kier molecular flexibility index (Phi) is 9.21. The lowest BCUT2D eigenvalue weighted by molar-refractivity contribution is -0.134. The average molecular weight is 467 g/mol. The summed E-state index contributed by atoms with van der Waals surface area (Å²) >= 11 is 0. The van der Waals surface area contributed by atoms with E-state index in [1.807, 2.05) is 25.1 Å². The van der Waals surface area contributed by atoms with E-state index in [2.05, 4.69) is 15.0 Å². The van der Waals surface area contributed by atoms with Crippen LogP contribution < -0.4 is 4.90 Å². The fourth-order valence-electron chi connectivity index (χ4n) is 3.17. The van der Waals surface area contributed by atoms with E-state index in [4.69, 9.17) is 0 Å². The standard InChI is InChI=1S/C27H38N4O3/c1-19-12-13-20(17-28-19)14-15-22(32)11-9-8-10-21-16-23(30-18-29-21)31(24(33)26(2,3)4)25(34)27(5,6)7/h12-18,22,32H,8-11H2,1-7H3. The highest BCUT2D eigenvalue weighted by Crippen LogP contribution is 2.28. The number of pyridine rings is 1. The van der Waals surface area contributed by atoms with E-state index in [9.17, 15) is 14.7 Å². The lowest BCUT2D eigenvalue weighted by atomic mass is 9.90. The van der Waals surface area contributed by atoms with Crippen LogP contribution in [0.1, 0.15) is 77.8 Å². The summed E-state index contributed by atoms with van der Waals surface area (Å²) in [6, 6.07) is 5.62. The molecule has 2 aromatic rings. The highest BCUT2D eigenvalue weighted by Gasteiger charge is 2.38. The van der Waals surface area contributed by atoms with E-state index in [1.54, 1.807) is 59.9 Å². The zero-order valence-electron chi connectivity index (χ0n) is 21.5. The van der Waals surface area contributed by atoms with Crippen molar-refractivity contribution in [2.24, 2.45) is 10.8 Å². The minimum atomic E-state index is -0.732. The average Bonchev–Trinajstić information content (AvgIpc) is 2.75. The quantitative estimate of drug-likeness (QED) is 0.555. The minimum absolute atomic E-state index is 0.296. The molecule has 2 aromatic heterocycles. The maximum Gasteiger partial charge on any atom is 0.240 e. The zero-order chi connectivity index (χ0) is 25.5. The van der Waals surface area contributed by atoms with Crippen LogP contribution in [0.5, 0.6) is 0 Å². The number of anilines is 1. The molecule has 7 nitrogen and oxygen atoms in total. The summed E-state index contributed by atoms with van der Waals surface area (Å²) in [5.41, 5.74) is 1.21. The van der Waals surface area contributed by atoms with Crippen molar-refractivity contribution in [3.05, 3.63) is 53.8 Å². The molecule has 7 heteroatoms. The van der Waals surface area contributed by atoms with E-state index in [0.29, 0.717) is 18.7 Å². The summed E-state index contributed by atoms with van der Waals surface area (Å²) < 4.78 is 0. The number of imide groups is 1. The Hall–Kier alpha value is -2.93. The maximum atomic E-state index is 13.1. The zero-order valence-corrected chi connectivity index (χ0v) is 21.5. The number of aliphatic hydroxyl groups excluding tert-OH is 1. The van der Waals surface area contributed by atoms with E-state index in [-0.39, 0.29) is 11.8 Å². The number of aromatic nitrogens is 3. The van der Waals surface area contributed by atoms with E-state index < -0.39 is 16.9 Å². The molecule has 0 aromatic carbocycles. The molecule has 184 valence electrons. The van der Waals surface area contributed by atoms with Crippen LogP contribution in [0.2, 0.25) is 0 Å². The van der Waals surface area contributed by atoms with Gasteiger partial charge in [0.1, 0.15) is 12.1 Å². The van der Waals surface area contributed by atoms with Gasteiger partial charge in [-0.25, -0.2) is 14.9 Å². The van der Waals surface area contributed by atoms with E-state index in [1.165, 1.54) is 11.2 Å². The smallest absolute Gasteiger partial charge is 0.240 e. The molecule has 1 N–H and O–H groups in total. The lowest BCUT2D eigenvalue weighted by Gasteiger charge is -2.31. The molecule has 0 aliphatic carbocycles. The molecule has 1 unspecified atom stereocenters. The van der Waals surface area contributed by atoms with Crippen LogP contribution in [-0.4, -0.2) is 38.0 Å². The van der Waals surface area contributed by atoms with Crippen molar-refractivity contribution in [1.29, 1.82) is 0 Å². The normalized spacial score (nSPS) is 13.2. The first kappa shape index (κ1) is 27.3. The van der Waals surface area contributed by atoms with Gasteiger partial charge >= 0.3 is 0 Å². The molecule has 0 aliphatic rings. The Balaban J connectivity index is 2.00. The molecule has 0 saturated heterocycles. The number of hydrogen-bond acceptors (Lipinski definition) is 6. The summed E-state index contributed by atoms with van der Waals surface area (Å²) in [7, 11) is 0. The highest BCUT2D eigenvalue weighted by atomic mass is 16.3. The third-order valence-electron chi connectivity index (χ3n) is 5.26. The van der Waals surface area contributed by atoms with Crippen molar-refractivity contribution in [3.8, 4) is 0 Å². The molecular weight excluding hydrogens is 428 g/mol. The number of carbonyl (C=O) groups is 2. The van der Waals surface area contributed by atoms with Crippen LogP contribution in [0.4, 0.5) is 5.82 Å². The molecule has 34 heavy (non-hydrogen) atoms. The van der Waals surface area contributed by atoms with Gasteiger partial charge < -0.3 is 5.11 Å². The van der Waals surface area contributed by atoms with Crippen LogP contribution in [0, 0.1) is 17.8 Å². The summed E-state index contributed by atoms with van der Waals surface area (Å²) in [6.45, 7) is 12.7. The summed E-state index contributed by atoms with van der Waals surface area (Å²) in [5, 5.41) is 10.2. The second kappa shape index (κ2) is 11.5. The van der Waals surface area contributed by atoms with Gasteiger partial charge in [0.15, 0.2) is 0 Å². The number of amides is 2. The Morgan fingerprint density at radius 1 is 1.00 bits per heavy atom. The van der Waals surface area contributed by atoms with Crippen molar-refractivity contribution >= 4 is 23.7 Å². The SMILES string of the molecule is Cc1ccc(C=CC(O)CCCCc2cc(N(C(=O)C(C)(C)C)C(=O)C(C)(C)C)ncn2)cn1. The molecule has 0 saturated carbocycles. The van der Waals surface area contributed by atoms with Gasteiger partial charge in [-0.3, -0.25) is 14.6 Å². The van der Waals surface area contributed by atoms with Crippen LogP contribution in [-0.2, 0) is 16.0 Å². The fraction of sp³-hybridized carbons (Fsp3) is 0.519. The molecule has 1 atom stereocenters. The topological polar surface area (TPSA) is 96.3 Å². The van der Waals surface area contributed by atoms with Crippen molar-refractivity contribution in [3.63, 3.8) is 0 Å². The first-order chi connectivity index (χ1) is 15.8. The predicted molar refractivity (Wildman–Crippen MR) is 135 cm³/mol. The van der Waals surface area contributed by atoms with Crippen LogP contribution in [0.3, 0.4) is 0 Å². The maximum absolute atomic E-state index is 13.1. The molecule has 2 amide bonds. The molecule has 0 fully saturated rings. The summed E-state index contributed by atoms with van der Waals surface area (Å²) in [6.07, 6.45) is 9.21. The monoisotopic (exact) mass is 466 g/mol. The number of carbonyl (C=O) groups excluding carboxylic acids is 2. The summed E-state index contributed by atoms with van der Waals surface area (Å²) in [5.74, 6) is -0.286. The third-order valence-corrected chi connectivity index (χ3v) is 5.26. The number of aryl methyl sites for hydroxylation is 2. The molecule has 0 radical (unpaired) electrons. The van der Waals surface area contributed by atoms with Gasteiger partial charge in [0.25, 0.3) is 0 Å². The highest BCUT2D eigenvalue weighted by molar-refractivity contribution is 6.17. The largest absolute Gasteiger partial charge is 0.389 e. The number of aliphatic hydroxyl groups is 1. The van der Waals surface area contributed by atoms with Gasteiger partial charge in [0, 0.05) is 34.5 Å².